The van der Waals surface area contributed by atoms with Gasteiger partial charge in [0.1, 0.15) is 6.42 Å². The minimum atomic E-state index is -3.08. The molecule has 2 fully saturated rings. The van der Waals surface area contributed by atoms with Crippen molar-refractivity contribution in [1.29, 1.82) is 5.26 Å². The van der Waals surface area contributed by atoms with Crippen LogP contribution in [0, 0.1) is 11.3 Å². The summed E-state index contributed by atoms with van der Waals surface area (Å²) >= 11 is 7.20. The third-order valence-corrected chi connectivity index (χ3v) is 7.39. The van der Waals surface area contributed by atoms with Crippen molar-refractivity contribution in [2.75, 3.05) is 11.5 Å². The maximum absolute atomic E-state index is 11.9. The highest BCUT2D eigenvalue weighted by molar-refractivity contribution is 8.15. The summed E-state index contributed by atoms with van der Waals surface area (Å²) in [5.41, 5.74) is 0.949. The monoisotopic (exact) mass is 383 g/mol. The lowest BCUT2D eigenvalue weighted by Gasteiger charge is -2.24. The molecule has 1 aromatic rings. The van der Waals surface area contributed by atoms with Gasteiger partial charge in [0.25, 0.3) is 5.91 Å². The molecular weight excluding hydrogens is 370 g/mol. The molecule has 0 N–H and O–H groups in total. The fraction of sp³-hybridized carbons (Fsp3) is 0.400. The van der Waals surface area contributed by atoms with E-state index in [2.05, 4.69) is 4.99 Å². The normalized spacial score (nSPS) is 26.3. The van der Waals surface area contributed by atoms with Gasteiger partial charge in [-0.1, -0.05) is 35.5 Å². The Bertz CT molecular complexity index is 831. The summed E-state index contributed by atoms with van der Waals surface area (Å²) in [6, 6.07) is 8.82. The average molecular weight is 384 g/mol. The number of nitriles is 1. The summed E-state index contributed by atoms with van der Waals surface area (Å²) in [5.74, 6) is -0.363. The molecule has 2 heterocycles. The van der Waals surface area contributed by atoms with Gasteiger partial charge >= 0.3 is 0 Å². The van der Waals surface area contributed by atoms with Crippen molar-refractivity contribution < 1.29 is 13.2 Å². The van der Waals surface area contributed by atoms with Gasteiger partial charge in [0.05, 0.1) is 23.6 Å². The maximum Gasteiger partial charge on any atom is 0.262 e. The standard InChI is InChI=1S/C15H14ClN3O3S2/c16-11-3-1-10(2-4-11)7-19-12-8-24(21,22)9-13(12)23-15(19)18-14(20)5-6-17/h1-4,12-13H,5,7-9H2. The third-order valence-electron chi connectivity index (χ3n) is 3.89. The smallest absolute Gasteiger partial charge is 0.262 e. The molecule has 0 aliphatic carbocycles. The molecule has 2 aliphatic heterocycles. The van der Waals surface area contributed by atoms with E-state index in [9.17, 15) is 13.2 Å². The van der Waals surface area contributed by atoms with E-state index >= 15 is 0 Å². The van der Waals surface area contributed by atoms with Crippen LogP contribution in [0.25, 0.3) is 0 Å². The lowest BCUT2D eigenvalue weighted by molar-refractivity contribution is -0.116. The van der Waals surface area contributed by atoms with Crippen LogP contribution in [0.15, 0.2) is 29.3 Å². The van der Waals surface area contributed by atoms with Gasteiger partial charge in [0.2, 0.25) is 0 Å². The van der Waals surface area contributed by atoms with Crippen molar-refractivity contribution in [3.63, 3.8) is 0 Å². The van der Waals surface area contributed by atoms with Gasteiger partial charge < -0.3 is 4.90 Å². The molecule has 3 rings (SSSR count). The first-order valence-corrected chi connectivity index (χ1v) is 10.3. The van der Waals surface area contributed by atoms with Crippen LogP contribution in [0.3, 0.4) is 0 Å². The minimum absolute atomic E-state index is 0.0592. The van der Waals surface area contributed by atoms with Gasteiger partial charge in [-0.05, 0) is 17.7 Å². The Kier molecular flexibility index (Phi) is 4.85. The Morgan fingerprint density at radius 1 is 1.38 bits per heavy atom. The van der Waals surface area contributed by atoms with E-state index in [1.807, 2.05) is 17.0 Å². The van der Waals surface area contributed by atoms with E-state index in [-0.39, 0.29) is 29.2 Å². The first-order chi connectivity index (χ1) is 11.4. The summed E-state index contributed by atoms with van der Waals surface area (Å²) in [4.78, 5) is 17.6. The number of fused-ring (bicyclic) bond motifs is 1. The summed E-state index contributed by atoms with van der Waals surface area (Å²) in [5, 5.41) is 9.60. The average Bonchev–Trinajstić information content (AvgIpc) is 2.95. The highest BCUT2D eigenvalue weighted by Crippen LogP contribution is 2.39. The van der Waals surface area contributed by atoms with Crippen molar-refractivity contribution in [2.24, 2.45) is 4.99 Å². The lowest BCUT2D eigenvalue weighted by Crippen LogP contribution is -2.37. The zero-order valence-corrected chi connectivity index (χ0v) is 14.9. The Balaban J connectivity index is 1.88. The number of rotatable bonds is 3. The maximum atomic E-state index is 11.9. The van der Waals surface area contributed by atoms with Gasteiger partial charge in [-0.25, -0.2) is 8.42 Å². The van der Waals surface area contributed by atoms with E-state index in [0.29, 0.717) is 16.7 Å². The molecule has 2 aliphatic rings. The predicted octanol–water partition coefficient (Wildman–Crippen LogP) is 1.85. The number of benzene rings is 1. The van der Waals surface area contributed by atoms with E-state index in [4.69, 9.17) is 16.9 Å². The highest BCUT2D eigenvalue weighted by atomic mass is 35.5. The van der Waals surface area contributed by atoms with Gasteiger partial charge in [0, 0.05) is 16.8 Å². The number of amidine groups is 1. The molecule has 2 atom stereocenters. The number of hydrogen-bond acceptors (Lipinski definition) is 5. The fourth-order valence-corrected chi connectivity index (χ4v) is 6.92. The second kappa shape index (κ2) is 6.75. The summed E-state index contributed by atoms with van der Waals surface area (Å²) < 4.78 is 23.8. The van der Waals surface area contributed by atoms with E-state index in [1.165, 1.54) is 11.8 Å². The van der Waals surface area contributed by atoms with Gasteiger partial charge in [-0.3, -0.25) is 4.79 Å². The van der Waals surface area contributed by atoms with Crippen molar-refractivity contribution in [2.45, 2.75) is 24.3 Å². The van der Waals surface area contributed by atoms with Crippen LogP contribution in [0.2, 0.25) is 5.02 Å². The molecule has 0 aromatic heterocycles. The topological polar surface area (TPSA) is 90.6 Å². The molecule has 126 valence electrons. The molecule has 0 saturated carbocycles. The largest absolute Gasteiger partial charge is 0.342 e. The number of halogens is 1. The fourth-order valence-electron chi connectivity index (χ4n) is 2.82. The number of thioether (sulfide) groups is 1. The Labute approximate surface area is 149 Å². The van der Waals surface area contributed by atoms with Gasteiger partial charge in [-0.15, -0.1) is 0 Å². The molecule has 0 bridgehead atoms. The third kappa shape index (κ3) is 3.74. The SMILES string of the molecule is N#CCC(=O)N=C1SC2CS(=O)(=O)CC2N1Cc1ccc(Cl)cc1. The second-order valence-electron chi connectivity index (χ2n) is 5.68. The summed E-state index contributed by atoms with van der Waals surface area (Å²) in [6.45, 7) is 0.444. The molecule has 6 nitrogen and oxygen atoms in total. The van der Waals surface area contributed by atoms with Crippen LogP contribution in [0.4, 0.5) is 0 Å². The Hall–Kier alpha value is -1.56. The number of sulfone groups is 1. The molecule has 2 saturated heterocycles. The number of amides is 1. The second-order valence-corrected chi connectivity index (χ2v) is 9.47. The molecule has 0 radical (unpaired) electrons. The lowest BCUT2D eigenvalue weighted by atomic mass is 10.1. The number of aliphatic imine (C=N–C) groups is 1. The predicted molar refractivity (Wildman–Crippen MR) is 93.5 cm³/mol. The molecule has 0 spiro atoms. The number of hydrogen-bond donors (Lipinski definition) is 0. The Morgan fingerprint density at radius 2 is 2.08 bits per heavy atom. The van der Waals surface area contributed by atoms with Crippen molar-refractivity contribution in [1.82, 2.24) is 4.90 Å². The van der Waals surface area contributed by atoms with Crippen molar-refractivity contribution in [3.05, 3.63) is 34.9 Å². The van der Waals surface area contributed by atoms with Crippen LogP contribution >= 0.6 is 23.4 Å². The van der Waals surface area contributed by atoms with Crippen LogP contribution in [-0.4, -0.2) is 47.2 Å². The molecule has 2 unspecified atom stereocenters. The number of nitrogens with zero attached hydrogens (tertiary/aromatic N) is 3. The molecule has 1 aromatic carbocycles. The molecule has 9 heteroatoms. The Morgan fingerprint density at radius 3 is 2.75 bits per heavy atom. The van der Waals surface area contributed by atoms with Crippen LogP contribution in [-0.2, 0) is 21.2 Å². The van der Waals surface area contributed by atoms with Gasteiger partial charge in [0.15, 0.2) is 15.0 Å². The molecule has 24 heavy (non-hydrogen) atoms. The van der Waals surface area contributed by atoms with E-state index < -0.39 is 15.7 Å². The van der Waals surface area contributed by atoms with Crippen LogP contribution < -0.4 is 0 Å². The quantitative estimate of drug-likeness (QED) is 0.791. The highest BCUT2D eigenvalue weighted by Gasteiger charge is 2.48. The molecule has 1 amide bonds. The number of carbonyl (C=O) groups excluding carboxylic acids is 1. The zero-order valence-electron chi connectivity index (χ0n) is 12.6. The zero-order chi connectivity index (χ0) is 17.3. The summed E-state index contributed by atoms with van der Waals surface area (Å²) in [6.07, 6.45) is -0.285. The minimum Gasteiger partial charge on any atom is -0.342 e. The first kappa shape index (κ1) is 17.3. The van der Waals surface area contributed by atoms with Crippen molar-refractivity contribution >= 4 is 44.3 Å². The summed E-state index contributed by atoms with van der Waals surface area (Å²) in [7, 11) is -3.08. The molecular formula is C15H14ClN3O3S2. The van der Waals surface area contributed by atoms with Crippen LogP contribution in [0.1, 0.15) is 12.0 Å². The van der Waals surface area contributed by atoms with E-state index in [0.717, 1.165) is 5.56 Å². The first-order valence-electron chi connectivity index (χ1n) is 7.24. The van der Waals surface area contributed by atoms with Gasteiger partial charge in [-0.2, -0.15) is 10.3 Å². The van der Waals surface area contributed by atoms with Crippen molar-refractivity contribution in [3.8, 4) is 6.07 Å². The number of carbonyl (C=O) groups is 1. The van der Waals surface area contributed by atoms with Crippen LogP contribution in [0.5, 0.6) is 0 Å². The van der Waals surface area contributed by atoms with E-state index in [1.54, 1.807) is 18.2 Å².